The van der Waals surface area contributed by atoms with E-state index >= 15 is 0 Å². The molecule has 0 spiro atoms. The molecule has 5 nitrogen and oxygen atoms in total. The standard InChI is InChI=1S/C11H15N5/c1-14-5-10(12-9-14)6-15-7-11(8-15)16-4-2-3-13-16/h2-5,9,11H,6-8H2,1H3. The van der Waals surface area contributed by atoms with Gasteiger partial charge in [-0.25, -0.2) is 4.98 Å². The zero-order valence-electron chi connectivity index (χ0n) is 9.32. The van der Waals surface area contributed by atoms with Crippen LogP contribution in [0.4, 0.5) is 0 Å². The van der Waals surface area contributed by atoms with Gasteiger partial charge in [0.15, 0.2) is 0 Å². The van der Waals surface area contributed by atoms with E-state index in [1.807, 2.05) is 41.1 Å². The lowest BCUT2D eigenvalue weighted by Gasteiger charge is -2.38. The number of hydrogen-bond donors (Lipinski definition) is 0. The summed E-state index contributed by atoms with van der Waals surface area (Å²) >= 11 is 0. The first-order chi connectivity index (χ1) is 7.81. The van der Waals surface area contributed by atoms with E-state index in [1.54, 1.807) is 0 Å². The van der Waals surface area contributed by atoms with Gasteiger partial charge >= 0.3 is 0 Å². The zero-order valence-corrected chi connectivity index (χ0v) is 9.32. The Bertz CT molecular complexity index is 452. The third kappa shape index (κ3) is 1.74. The van der Waals surface area contributed by atoms with E-state index in [1.165, 1.54) is 0 Å². The van der Waals surface area contributed by atoms with Crippen LogP contribution in [0.5, 0.6) is 0 Å². The van der Waals surface area contributed by atoms with Gasteiger partial charge in [-0.1, -0.05) is 0 Å². The maximum atomic E-state index is 4.32. The second kappa shape index (κ2) is 3.75. The normalized spacial score (nSPS) is 17.6. The van der Waals surface area contributed by atoms with Crippen molar-refractivity contribution in [1.82, 2.24) is 24.2 Å². The van der Waals surface area contributed by atoms with Crippen molar-refractivity contribution in [2.24, 2.45) is 7.05 Å². The van der Waals surface area contributed by atoms with E-state index in [9.17, 15) is 0 Å². The lowest BCUT2D eigenvalue weighted by molar-refractivity contribution is 0.0897. The highest BCUT2D eigenvalue weighted by molar-refractivity contribution is 4.99. The number of likely N-dealkylation sites (tertiary alicyclic amines) is 1. The molecule has 1 fully saturated rings. The third-order valence-corrected chi connectivity index (χ3v) is 2.98. The van der Waals surface area contributed by atoms with Crippen molar-refractivity contribution < 1.29 is 0 Å². The molecule has 5 heteroatoms. The van der Waals surface area contributed by atoms with Crippen molar-refractivity contribution in [2.45, 2.75) is 12.6 Å². The Kier molecular flexibility index (Phi) is 2.25. The van der Waals surface area contributed by atoms with E-state index in [2.05, 4.69) is 21.2 Å². The van der Waals surface area contributed by atoms with E-state index < -0.39 is 0 Å². The summed E-state index contributed by atoms with van der Waals surface area (Å²) in [5, 5.41) is 4.25. The van der Waals surface area contributed by atoms with E-state index in [0.29, 0.717) is 6.04 Å². The van der Waals surface area contributed by atoms with Gasteiger partial charge in [0, 0.05) is 45.3 Å². The van der Waals surface area contributed by atoms with Crippen LogP contribution in [0.15, 0.2) is 31.0 Å². The summed E-state index contributed by atoms with van der Waals surface area (Å²) in [6, 6.07) is 2.51. The highest BCUT2D eigenvalue weighted by Crippen LogP contribution is 2.21. The Morgan fingerprint density at radius 3 is 2.94 bits per heavy atom. The fourth-order valence-electron chi connectivity index (χ4n) is 2.11. The Balaban J connectivity index is 1.54. The molecule has 2 aromatic heterocycles. The summed E-state index contributed by atoms with van der Waals surface area (Å²) in [7, 11) is 2.00. The van der Waals surface area contributed by atoms with Gasteiger partial charge in [0.2, 0.25) is 0 Å². The molecular weight excluding hydrogens is 202 g/mol. The molecule has 1 saturated heterocycles. The molecular formula is C11H15N5. The van der Waals surface area contributed by atoms with Gasteiger partial charge in [0.25, 0.3) is 0 Å². The summed E-state index contributed by atoms with van der Waals surface area (Å²) in [6.07, 6.45) is 7.78. The predicted octanol–water partition coefficient (Wildman–Crippen LogP) is 0.673. The van der Waals surface area contributed by atoms with Crippen LogP contribution >= 0.6 is 0 Å². The summed E-state index contributed by atoms with van der Waals surface area (Å²) in [4.78, 5) is 6.71. The van der Waals surface area contributed by atoms with Gasteiger partial charge in [-0.15, -0.1) is 0 Å². The van der Waals surface area contributed by atoms with Crippen LogP contribution < -0.4 is 0 Å². The van der Waals surface area contributed by atoms with Crippen LogP contribution in [0.1, 0.15) is 11.7 Å². The molecule has 0 radical (unpaired) electrons. The summed E-state index contributed by atoms with van der Waals surface area (Å²) in [5.41, 5.74) is 1.14. The van der Waals surface area contributed by atoms with Crippen molar-refractivity contribution >= 4 is 0 Å². The molecule has 0 amide bonds. The molecule has 3 rings (SSSR count). The molecule has 0 bridgehead atoms. The molecule has 16 heavy (non-hydrogen) atoms. The Morgan fingerprint density at radius 1 is 1.44 bits per heavy atom. The Hall–Kier alpha value is -1.62. The number of imidazole rings is 1. The largest absolute Gasteiger partial charge is 0.340 e. The van der Waals surface area contributed by atoms with Gasteiger partial charge in [-0.2, -0.15) is 5.10 Å². The molecule has 0 aliphatic carbocycles. The molecule has 0 unspecified atom stereocenters. The summed E-state index contributed by atoms with van der Waals surface area (Å²) in [6.45, 7) is 3.08. The van der Waals surface area contributed by atoms with Crippen LogP contribution in [0.2, 0.25) is 0 Å². The van der Waals surface area contributed by atoms with Gasteiger partial charge in [0.1, 0.15) is 0 Å². The topological polar surface area (TPSA) is 38.9 Å². The van der Waals surface area contributed by atoms with Crippen LogP contribution in [-0.2, 0) is 13.6 Å². The second-order valence-electron chi connectivity index (χ2n) is 4.36. The first kappa shape index (κ1) is 9.59. The molecule has 0 N–H and O–H groups in total. The fourth-order valence-corrected chi connectivity index (χ4v) is 2.11. The maximum Gasteiger partial charge on any atom is 0.0947 e. The number of rotatable bonds is 3. The fraction of sp³-hybridized carbons (Fsp3) is 0.455. The van der Waals surface area contributed by atoms with Gasteiger partial charge in [-0.05, 0) is 6.07 Å². The lowest BCUT2D eigenvalue weighted by atomic mass is 10.1. The molecule has 3 heterocycles. The van der Waals surface area contributed by atoms with Gasteiger partial charge in [-0.3, -0.25) is 9.58 Å². The minimum absolute atomic E-state index is 0.540. The highest BCUT2D eigenvalue weighted by atomic mass is 15.4. The average Bonchev–Trinajstić information content (AvgIpc) is 2.82. The first-order valence-corrected chi connectivity index (χ1v) is 5.49. The van der Waals surface area contributed by atoms with Crippen molar-refractivity contribution in [1.29, 1.82) is 0 Å². The predicted molar refractivity (Wildman–Crippen MR) is 59.7 cm³/mol. The first-order valence-electron chi connectivity index (χ1n) is 5.49. The monoisotopic (exact) mass is 217 g/mol. The number of aromatic nitrogens is 4. The number of aryl methyl sites for hydroxylation is 1. The second-order valence-corrected chi connectivity index (χ2v) is 4.36. The minimum atomic E-state index is 0.540. The Morgan fingerprint density at radius 2 is 2.31 bits per heavy atom. The molecule has 84 valence electrons. The summed E-state index contributed by atoms with van der Waals surface area (Å²) in [5.74, 6) is 0. The lowest BCUT2D eigenvalue weighted by Crippen LogP contribution is -2.47. The number of hydrogen-bond acceptors (Lipinski definition) is 3. The van der Waals surface area contributed by atoms with Crippen molar-refractivity contribution in [3.8, 4) is 0 Å². The minimum Gasteiger partial charge on any atom is -0.340 e. The molecule has 0 aromatic carbocycles. The van der Waals surface area contributed by atoms with Crippen LogP contribution in [0.25, 0.3) is 0 Å². The molecule has 1 aliphatic rings. The quantitative estimate of drug-likeness (QED) is 0.758. The van der Waals surface area contributed by atoms with Crippen molar-refractivity contribution in [3.63, 3.8) is 0 Å². The number of nitrogens with zero attached hydrogens (tertiary/aromatic N) is 5. The van der Waals surface area contributed by atoms with E-state index in [0.717, 1.165) is 25.3 Å². The smallest absolute Gasteiger partial charge is 0.0947 e. The van der Waals surface area contributed by atoms with Crippen molar-refractivity contribution in [3.05, 3.63) is 36.7 Å². The highest BCUT2D eigenvalue weighted by Gasteiger charge is 2.28. The maximum absolute atomic E-state index is 4.32. The summed E-state index contributed by atoms with van der Waals surface area (Å²) < 4.78 is 4.02. The molecule has 2 aromatic rings. The molecule has 0 saturated carbocycles. The molecule has 1 aliphatic heterocycles. The van der Waals surface area contributed by atoms with Crippen LogP contribution in [0, 0.1) is 0 Å². The van der Waals surface area contributed by atoms with Gasteiger partial charge in [0.05, 0.1) is 18.1 Å². The van der Waals surface area contributed by atoms with Crippen molar-refractivity contribution in [2.75, 3.05) is 13.1 Å². The van der Waals surface area contributed by atoms with E-state index in [4.69, 9.17) is 0 Å². The zero-order chi connectivity index (χ0) is 11.0. The SMILES string of the molecule is Cn1cnc(CN2CC(n3cccn3)C2)c1. The van der Waals surface area contributed by atoms with Crippen LogP contribution in [-0.4, -0.2) is 37.3 Å². The average molecular weight is 217 g/mol. The van der Waals surface area contributed by atoms with Gasteiger partial charge < -0.3 is 4.57 Å². The van der Waals surface area contributed by atoms with Crippen LogP contribution in [0.3, 0.4) is 0 Å². The molecule has 0 atom stereocenters. The van der Waals surface area contributed by atoms with E-state index in [-0.39, 0.29) is 0 Å². The third-order valence-electron chi connectivity index (χ3n) is 2.98. The Labute approximate surface area is 94.3 Å².